The average Bonchev–Trinajstić information content (AvgIpc) is 2.83. The van der Waals surface area contributed by atoms with E-state index in [4.69, 9.17) is 10.8 Å². The zero-order chi connectivity index (χ0) is 32.7. The first-order chi connectivity index (χ1) is 19.3. The number of aliphatic hydroxyl groups is 1. The maximum atomic E-state index is 13.3. The van der Waals surface area contributed by atoms with E-state index in [-0.39, 0.29) is 37.5 Å². The van der Waals surface area contributed by atoms with Crippen LogP contribution in [-0.2, 0) is 33.6 Å². The van der Waals surface area contributed by atoms with E-state index >= 15 is 0 Å². The first-order valence-electron chi connectivity index (χ1n) is 13.7. The van der Waals surface area contributed by atoms with Crippen LogP contribution in [0.3, 0.4) is 0 Å². The quantitative estimate of drug-likeness (QED) is 0.0699. The van der Waals surface area contributed by atoms with Crippen molar-refractivity contribution in [3.05, 3.63) is 0 Å². The van der Waals surface area contributed by atoms with Crippen LogP contribution in [-0.4, -0.2) is 93.2 Å². The summed E-state index contributed by atoms with van der Waals surface area (Å²) < 4.78 is 0. The Morgan fingerprint density at radius 1 is 0.643 bits per heavy atom. The van der Waals surface area contributed by atoms with Crippen LogP contribution in [0, 0.1) is 11.8 Å². The Bertz CT molecular complexity index is 971. The van der Waals surface area contributed by atoms with E-state index in [1.165, 1.54) is 13.8 Å². The molecule has 6 atom stereocenters. The minimum atomic E-state index is -1.65. The van der Waals surface area contributed by atoms with Crippen LogP contribution in [0.2, 0.25) is 0 Å². The molecule has 0 aromatic heterocycles. The van der Waals surface area contributed by atoms with E-state index in [1.54, 1.807) is 27.7 Å². The van der Waals surface area contributed by atoms with Crippen molar-refractivity contribution < 1.29 is 48.9 Å². The zero-order valence-electron chi connectivity index (χ0n) is 24.9. The van der Waals surface area contributed by atoms with Gasteiger partial charge in [0, 0.05) is 6.42 Å². The fraction of sp³-hybridized carbons (Fsp3) is 0.731. The van der Waals surface area contributed by atoms with E-state index in [0.717, 1.165) is 0 Å². The Balaban J connectivity index is 5.93. The molecule has 0 saturated heterocycles. The number of nitrogens with one attached hydrogen (secondary N) is 5. The highest BCUT2D eigenvalue weighted by atomic mass is 16.4. The molecule has 0 aromatic rings. The molecule has 0 saturated carbocycles. The van der Waals surface area contributed by atoms with Gasteiger partial charge in [0.2, 0.25) is 29.5 Å². The molecular weight excluding hydrogens is 556 g/mol. The number of amides is 5. The third-order valence-electron chi connectivity index (χ3n) is 5.86. The van der Waals surface area contributed by atoms with Gasteiger partial charge in [0.05, 0.1) is 12.5 Å². The van der Waals surface area contributed by atoms with Crippen LogP contribution >= 0.6 is 0 Å². The molecule has 0 radical (unpaired) electrons. The van der Waals surface area contributed by atoms with Gasteiger partial charge >= 0.3 is 11.9 Å². The van der Waals surface area contributed by atoms with Gasteiger partial charge in [-0.15, -0.1) is 0 Å². The molecule has 42 heavy (non-hydrogen) atoms. The van der Waals surface area contributed by atoms with Crippen molar-refractivity contribution in [2.45, 2.75) is 110 Å². The number of carbonyl (C=O) groups is 7. The van der Waals surface area contributed by atoms with Crippen LogP contribution in [0.1, 0.15) is 73.6 Å². The van der Waals surface area contributed by atoms with E-state index in [1.807, 2.05) is 0 Å². The predicted molar refractivity (Wildman–Crippen MR) is 149 cm³/mol. The average molecular weight is 603 g/mol. The van der Waals surface area contributed by atoms with Crippen molar-refractivity contribution in [3.8, 4) is 0 Å². The van der Waals surface area contributed by atoms with Gasteiger partial charge in [-0.3, -0.25) is 38.9 Å². The van der Waals surface area contributed by atoms with Gasteiger partial charge in [0.1, 0.15) is 30.4 Å². The summed E-state index contributed by atoms with van der Waals surface area (Å²) >= 11 is 0. The number of carboxylic acids is 2. The summed E-state index contributed by atoms with van der Waals surface area (Å²) in [5.74, 6) is -7.10. The first-order valence-corrected chi connectivity index (χ1v) is 13.7. The number of primary amides is 1. The Morgan fingerprint density at radius 3 is 1.43 bits per heavy atom. The maximum Gasteiger partial charge on any atom is 0.325 e. The molecule has 0 unspecified atom stereocenters. The normalized spacial score (nSPS) is 15.5. The lowest BCUT2D eigenvalue weighted by Gasteiger charge is -2.27. The molecule has 16 nitrogen and oxygen atoms in total. The van der Waals surface area contributed by atoms with Crippen molar-refractivity contribution in [1.82, 2.24) is 26.6 Å². The molecule has 0 aromatic carbocycles. The Labute approximate surface area is 244 Å². The van der Waals surface area contributed by atoms with Crippen LogP contribution in [0.4, 0.5) is 0 Å². The summed E-state index contributed by atoms with van der Waals surface area (Å²) in [7, 11) is 0. The number of aliphatic hydroxyl groups excluding tert-OH is 1. The number of carboxylic acid groups (broad SMARTS) is 2. The molecule has 0 aliphatic carbocycles. The van der Waals surface area contributed by atoms with Gasteiger partial charge in [-0.25, -0.2) is 0 Å². The van der Waals surface area contributed by atoms with Crippen LogP contribution in [0.15, 0.2) is 0 Å². The largest absolute Gasteiger partial charge is 0.481 e. The van der Waals surface area contributed by atoms with Crippen molar-refractivity contribution >= 4 is 41.5 Å². The molecule has 16 heteroatoms. The lowest BCUT2D eigenvalue weighted by molar-refractivity contribution is -0.143. The third-order valence-corrected chi connectivity index (χ3v) is 5.86. The van der Waals surface area contributed by atoms with Gasteiger partial charge in [0.15, 0.2) is 0 Å². The fourth-order valence-electron chi connectivity index (χ4n) is 3.85. The van der Waals surface area contributed by atoms with E-state index in [9.17, 15) is 43.8 Å². The fourth-order valence-corrected chi connectivity index (χ4v) is 3.85. The number of aliphatic carboxylic acids is 2. The molecule has 0 heterocycles. The molecule has 240 valence electrons. The second kappa shape index (κ2) is 18.6. The van der Waals surface area contributed by atoms with E-state index in [2.05, 4.69) is 26.6 Å². The standard InChI is InChI=1S/C26H46N6O10/c1-12(2)9-17(23(38)28-14(5)26(41)42)31-25(40)19(11-21(35)36)32-24(39)18(10-13(3)4)30-22(37)16(29-15(6)33)7-8-20(27)34/h12-19,29,33H,7-11H2,1-6H3,(H2,27,34)(H,28,38)(H,30,37)(H,31,40)(H,32,39)(H,35,36)(H,41,42)/t14-,15-,16-,17-,18-,19-/m0/s1. The van der Waals surface area contributed by atoms with Crippen LogP contribution in [0.25, 0.3) is 0 Å². The number of hydrogen-bond donors (Lipinski definition) is 9. The van der Waals surface area contributed by atoms with E-state index < -0.39 is 84.3 Å². The molecule has 10 N–H and O–H groups in total. The molecule has 0 aliphatic heterocycles. The summed E-state index contributed by atoms with van der Waals surface area (Å²) in [6, 6.07) is -6.46. The summed E-state index contributed by atoms with van der Waals surface area (Å²) in [5, 5.41) is 40.2. The monoisotopic (exact) mass is 602 g/mol. The van der Waals surface area contributed by atoms with Gasteiger partial charge in [-0.05, 0) is 44.9 Å². The number of hydrogen-bond acceptors (Lipinski definition) is 9. The molecule has 0 fully saturated rings. The highest BCUT2D eigenvalue weighted by molar-refractivity contribution is 5.96. The minimum absolute atomic E-state index is 0.0775. The Kier molecular flexibility index (Phi) is 16.9. The van der Waals surface area contributed by atoms with Crippen LogP contribution < -0.4 is 32.3 Å². The number of nitrogens with two attached hydrogens (primary N) is 1. The minimum Gasteiger partial charge on any atom is -0.481 e. The van der Waals surface area contributed by atoms with Crippen LogP contribution in [0.5, 0.6) is 0 Å². The lowest BCUT2D eigenvalue weighted by Crippen LogP contribution is -2.59. The molecular formula is C26H46N6O10. The van der Waals surface area contributed by atoms with Crippen molar-refractivity contribution in [3.63, 3.8) is 0 Å². The van der Waals surface area contributed by atoms with Crippen molar-refractivity contribution in [1.29, 1.82) is 0 Å². The molecule has 0 bridgehead atoms. The smallest absolute Gasteiger partial charge is 0.325 e. The van der Waals surface area contributed by atoms with Gasteiger partial charge in [-0.2, -0.15) is 0 Å². The summed E-state index contributed by atoms with van der Waals surface area (Å²) in [4.78, 5) is 85.9. The molecule has 5 amide bonds. The topological polar surface area (TPSA) is 266 Å². The molecule has 0 aliphatic rings. The number of rotatable bonds is 20. The van der Waals surface area contributed by atoms with Crippen molar-refractivity contribution in [2.75, 3.05) is 0 Å². The van der Waals surface area contributed by atoms with Gasteiger partial charge < -0.3 is 42.3 Å². The highest BCUT2D eigenvalue weighted by Crippen LogP contribution is 2.10. The zero-order valence-corrected chi connectivity index (χ0v) is 24.9. The summed E-state index contributed by atoms with van der Waals surface area (Å²) in [6.45, 7) is 9.63. The van der Waals surface area contributed by atoms with E-state index in [0.29, 0.717) is 0 Å². The van der Waals surface area contributed by atoms with Gasteiger partial charge in [0.25, 0.3) is 0 Å². The summed E-state index contributed by atoms with van der Waals surface area (Å²) in [5.41, 5.74) is 5.16. The first kappa shape index (κ1) is 38.2. The Hall–Kier alpha value is -3.79. The Morgan fingerprint density at radius 2 is 1.05 bits per heavy atom. The lowest BCUT2D eigenvalue weighted by atomic mass is 10.0. The SMILES string of the molecule is CC(C)C[C@H](NC(=O)[C@H](CC(=O)O)NC(=O)[C@H](CC(C)C)NC(=O)[C@H](CCC(N)=O)N[C@H](C)O)C(=O)N[C@@H](C)C(=O)O. The second-order valence-corrected chi connectivity index (χ2v) is 11.0. The van der Waals surface area contributed by atoms with Crippen molar-refractivity contribution in [2.24, 2.45) is 17.6 Å². The maximum absolute atomic E-state index is 13.3. The molecule has 0 spiro atoms. The molecule has 0 rings (SSSR count). The van der Waals surface area contributed by atoms with Gasteiger partial charge in [-0.1, -0.05) is 27.7 Å². The summed E-state index contributed by atoms with van der Waals surface area (Å²) in [6.07, 6.45) is -2.08. The highest BCUT2D eigenvalue weighted by Gasteiger charge is 2.33. The third kappa shape index (κ3) is 15.9. The predicted octanol–water partition coefficient (Wildman–Crippen LogP) is -1.84. The number of carbonyl (C=O) groups excluding carboxylic acids is 5. The second-order valence-electron chi connectivity index (χ2n) is 11.0.